The molecule has 5 nitrogen and oxygen atoms in total. The van der Waals surface area contributed by atoms with Gasteiger partial charge in [0.05, 0.1) is 12.2 Å². The Balaban J connectivity index is 1.81. The lowest BCUT2D eigenvalue weighted by Gasteiger charge is -2.08. The molecule has 144 valence electrons. The Morgan fingerprint density at radius 2 is 2.07 bits per heavy atom. The number of carbonyl (C=O) groups is 2. The first-order chi connectivity index (χ1) is 13.1. The maximum absolute atomic E-state index is 12.6. The van der Waals surface area contributed by atoms with Gasteiger partial charge >= 0.3 is 5.97 Å². The fourth-order valence-electron chi connectivity index (χ4n) is 3.17. The van der Waals surface area contributed by atoms with Gasteiger partial charge < -0.3 is 14.5 Å². The van der Waals surface area contributed by atoms with Gasteiger partial charge in [0.1, 0.15) is 16.5 Å². The summed E-state index contributed by atoms with van der Waals surface area (Å²) < 4.78 is 10.8. The van der Waals surface area contributed by atoms with Crippen molar-refractivity contribution in [3.8, 4) is 0 Å². The number of anilines is 1. The van der Waals surface area contributed by atoms with E-state index in [-0.39, 0.29) is 11.9 Å². The zero-order valence-corrected chi connectivity index (χ0v) is 16.6. The van der Waals surface area contributed by atoms with Gasteiger partial charge in [-0.05, 0) is 62.8 Å². The van der Waals surface area contributed by atoms with Crippen molar-refractivity contribution in [1.82, 2.24) is 0 Å². The van der Waals surface area contributed by atoms with Crippen molar-refractivity contribution in [3.63, 3.8) is 0 Å². The molecule has 0 aromatic carbocycles. The van der Waals surface area contributed by atoms with E-state index in [1.165, 1.54) is 22.3 Å². The first kappa shape index (κ1) is 19.4. The minimum atomic E-state index is -0.336. The maximum Gasteiger partial charge on any atom is 0.341 e. The van der Waals surface area contributed by atoms with Gasteiger partial charge in [0.25, 0.3) is 0 Å². The monoisotopic (exact) mass is 387 g/mol. The topological polar surface area (TPSA) is 68.5 Å². The second-order valence-corrected chi connectivity index (χ2v) is 7.78. The largest absolute Gasteiger partial charge is 0.462 e. The van der Waals surface area contributed by atoms with Crippen LogP contribution < -0.4 is 5.32 Å². The van der Waals surface area contributed by atoms with Crippen LogP contribution in [0.4, 0.5) is 5.00 Å². The normalized spacial score (nSPS) is 14.0. The first-order valence-corrected chi connectivity index (χ1v) is 10.3. The van der Waals surface area contributed by atoms with Gasteiger partial charge in [-0.15, -0.1) is 11.3 Å². The van der Waals surface area contributed by atoms with E-state index in [0.29, 0.717) is 22.9 Å². The third-order valence-corrected chi connectivity index (χ3v) is 5.67. The van der Waals surface area contributed by atoms with Crippen LogP contribution in [0.1, 0.15) is 64.9 Å². The van der Waals surface area contributed by atoms with Gasteiger partial charge in [0.15, 0.2) is 0 Å². The third-order valence-electron chi connectivity index (χ3n) is 4.46. The molecule has 0 bridgehead atoms. The standard InChI is InChI=1S/C21H25NO4S/c1-3-13-25-21(24)19-16-7-5-4-6-8-17(16)27-20(19)22-18(23)12-11-15-10-9-14(2)26-15/h9-12H,3-8,13H2,1-2H3,(H,22,23)/b12-11+. The fraction of sp³-hybridized carbons (Fsp3) is 0.429. The lowest BCUT2D eigenvalue weighted by Crippen LogP contribution is -2.13. The van der Waals surface area contributed by atoms with Gasteiger partial charge in [-0.3, -0.25) is 4.79 Å². The molecule has 3 rings (SSSR count). The summed E-state index contributed by atoms with van der Waals surface area (Å²) in [5.74, 6) is 0.785. The smallest absolute Gasteiger partial charge is 0.341 e. The van der Waals surface area contributed by atoms with Crippen LogP contribution in [0, 0.1) is 6.92 Å². The lowest BCUT2D eigenvalue weighted by molar-refractivity contribution is -0.111. The highest BCUT2D eigenvalue weighted by Crippen LogP contribution is 2.38. The van der Waals surface area contributed by atoms with Crippen molar-refractivity contribution in [2.45, 2.75) is 52.4 Å². The summed E-state index contributed by atoms with van der Waals surface area (Å²) in [5.41, 5.74) is 1.60. The maximum atomic E-state index is 12.6. The number of hydrogen-bond acceptors (Lipinski definition) is 5. The number of rotatable bonds is 6. The number of hydrogen-bond donors (Lipinski definition) is 1. The van der Waals surface area contributed by atoms with Gasteiger partial charge in [-0.1, -0.05) is 13.3 Å². The molecule has 2 aromatic heterocycles. The molecule has 0 saturated carbocycles. The molecular formula is C21H25NO4S. The van der Waals surface area contributed by atoms with E-state index in [2.05, 4.69) is 5.32 Å². The van der Waals surface area contributed by atoms with Crippen LogP contribution in [-0.4, -0.2) is 18.5 Å². The van der Waals surface area contributed by atoms with Crippen LogP contribution in [-0.2, 0) is 22.4 Å². The van der Waals surface area contributed by atoms with Gasteiger partial charge in [0.2, 0.25) is 5.91 Å². The fourth-order valence-corrected chi connectivity index (χ4v) is 4.45. The van der Waals surface area contributed by atoms with Gasteiger partial charge in [-0.25, -0.2) is 4.79 Å². The second-order valence-electron chi connectivity index (χ2n) is 6.68. The molecule has 0 aliphatic heterocycles. The van der Waals surface area contributed by atoms with Crippen molar-refractivity contribution in [1.29, 1.82) is 0 Å². The molecular weight excluding hydrogens is 362 g/mol. The van der Waals surface area contributed by atoms with Crippen molar-refractivity contribution in [3.05, 3.63) is 45.7 Å². The second kappa shape index (κ2) is 9.04. The molecule has 0 spiro atoms. The third kappa shape index (κ3) is 4.89. The molecule has 0 saturated heterocycles. The average Bonchev–Trinajstić information content (AvgIpc) is 3.13. The molecule has 0 radical (unpaired) electrons. The van der Waals surface area contributed by atoms with Crippen molar-refractivity contribution in [2.75, 3.05) is 11.9 Å². The van der Waals surface area contributed by atoms with Crippen LogP contribution in [0.2, 0.25) is 0 Å². The Morgan fingerprint density at radius 3 is 2.81 bits per heavy atom. The molecule has 1 amide bonds. The number of carbonyl (C=O) groups excluding carboxylic acids is 2. The minimum Gasteiger partial charge on any atom is -0.462 e. The predicted octanol–water partition coefficient (Wildman–Crippen LogP) is 5.14. The zero-order chi connectivity index (χ0) is 19.2. The summed E-state index contributed by atoms with van der Waals surface area (Å²) in [7, 11) is 0. The summed E-state index contributed by atoms with van der Waals surface area (Å²) in [6.45, 7) is 4.20. The summed E-state index contributed by atoms with van der Waals surface area (Å²) in [6, 6.07) is 3.65. The first-order valence-electron chi connectivity index (χ1n) is 9.45. The Labute approximate surface area is 163 Å². The van der Waals surface area contributed by atoms with Crippen LogP contribution in [0.15, 0.2) is 22.6 Å². The molecule has 0 fully saturated rings. The molecule has 2 aromatic rings. The number of furan rings is 1. The van der Waals surface area contributed by atoms with E-state index < -0.39 is 0 Å². The molecule has 1 N–H and O–H groups in total. The number of thiophene rings is 1. The molecule has 1 aliphatic carbocycles. The average molecular weight is 388 g/mol. The Kier molecular flexibility index (Phi) is 6.50. The van der Waals surface area contributed by atoms with Crippen LogP contribution in [0.25, 0.3) is 6.08 Å². The highest BCUT2D eigenvalue weighted by atomic mass is 32.1. The summed E-state index contributed by atoms with van der Waals surface area (Å²) >= 11 is 1.50. The molecule has 2 heterocycles. The zero-order valence-electron chi connectivity index (χ0n) is 15.8. The van der Waals surface area contributed by atoms with E-state index in [1.54, 1.807) is 12.1 Å². The molecule has 1 aliphatic rings. The van der Waals surface area contributed by atoms with E-state index in [9.17, 15) is 9.59 Å². The summed E-state index contributed by atoms with van der Waals surface area (Å²) in [5, 5.41) is 3.46. The Hall–Kier alpha value is -2.34. The number of aryl methyl sites for hydroxylation is 2. The Morgan fingerprint density at radius 1 is 1.26 bits per heavy atom. The van der Waals surface area contributed by atoms with E-state index in [1.807, 2.05) is 19.9 Å². The quantitative estimate of drug-likeness (QED) is 0.423. The van der Waals surface area contributed by atoms with Crippen molar-refractivity contribution in [2.24, 2.45) is 0 Å². The molecule has 6 heteroatoms. The summed E-state index contributed by atoms with van der Waals surface area (Å²) in [6.07, 6.45) is 8.96. The van der Waals surface area contributed by atoms with Crippen LogP contribution in [0.3, 0.4) is 0 Å². The molecule has 0 unspecified atom stereocenters. The van der Waals surface area contributed by atoms with E-state index in [0.717, 1.165) is 49.8 Å². The molecule has 27 heavy (non-hydrogen) atoms. The van der Waals surface area contributed by atoms with Crippen molar-refractivity contribution < 1.29 is 18.7 Å². The lowest BCUT2D eigenvalue weighted by atomic mass is 10.1. The highest BCUT2D eigenvalue weighted by Gasteiger charge is 2.26. The Bertz CT molecular complexity index is 846. The number of fused-ring (bicyclic) bond motifs is 1. The van der Waals surface area contributed by atoms with Crippen LogP contribution in [0.5, 0.6) is 0 Å². The number of amides is 1. The number of esters is 1. The highest BCUT2D eigenvalue weighted by molar-refractivity contribution is 7.17. The minimum absolute atomic E-state index is 0.287. The SMILES string of the molecule is CCCOC(=O)c1c(NC(=O)/C=C/c2ccc(C)o2)sc2c1CCCCC2. The van der Waals surface area contributed by atoms with Crippen LogP contribution >= 0.6 is 11.3 Å². The predicted molar refractivity (Wildman–Crippen MR) is 107 cm³/mol. The van der Waals surface area contributed by atoms with Gasteiger partial charge in [0, 0.05) is 11.0 Å². The molecule has 0 atom stereocenters. The summed E-state index contributed by atoms with van der Waals surface area (Å²) in [4.78, 5) is 26.2. The van der Waals surface area contributed by atoms with Gasteiger partial charge in [-0.2, -0.15) is 0 Å². The number of ether oxygens (including phenoxy) is 1. The van der Waals surface area contributed by atoms with E-state index in [4.69, 9.17) is 9.15 Å². The number of nitrogens with one attached hydrogen (secondary N) is 1. The van der Waals surface area contributed by atoms with Crippen molar-refractivity contribution >= 4 is 34.3 Å². The van der Waals surface area contributed by atoms with E-state index >= 15 is 0 Å².